The van der Waals surface area contributed by atoms with Crippen molar-refractivity contribution in [2.75, 3.05) is 13.2 Å². The van der Waals surface area contributed by atoms with Gasteiger partial charge in [-0.3, -0.25) is 4.79 Å². The largest absolute Gasteiger partial charge is 0.449 e. The van der Waals surface area contributed by atoms with Gasteiger partial charge in [-0.15, -0.1) is 0 Å². The monoisotopic (exact) mass is 389 g/mol. The average Bonchev–Trinajstić information content (AvgIpc) is 3.34. The van der Waals surface area contributed by atoms with Gasteiger partial charge in [-0.2, -0.15) is 5.26 Å². The summed E-state index contributed by atoms with van der Waals surface area (Å²) in [6.45, 7) is 2.37. The number of amides is 2. The third-order valence-corrected chi connectivity index (χ3v) is 5.73. The predicted octanol–water partition coefficient (Wildman–Crippen LogP) is 3.43. The van der Waals surface area contributed by atoms with Gasteiger partial charge in [0.15, 0.2) is 0 Å². The minimum absolute atomic E-state index is 0.0271. The number of nitriles is 1. The highest BCUT2D eigenvalue weighted by Gasteiger charge is 2.33. The second kappa shape index (κ2) is 7.96. The predicted molar refractivity (Wildman–Crippen MR) is 108 cm³/mol. The summed E-state index contributed by atoms with van der Waals surface area (Å²) in [4.78, 5) is 26.4. The Kier molecular flexibility index (Phi) is 5.22. The molecule has 0 aromatic heterocycles. The molecule has 0 radical (unpaired) electrons. The van der Waals surface area contributed by atoms with Gasteiger partial charge in [0, 0.05) is 12.5 Å². The van der Waals surface area contributed by atoms with Crippen molar-refractivity contribution in [3.05, 3.63) is 59.7 Å². The second-order valence-corrected chi connectivity index (χ2v) is 7.51. The van der Waals surface area contributed by atoms with Gasteiger partial charge in [-0.05, 0) is 42.0 Å². The zero-order chi connectivity index (χ0) is 20.4. The first kappa shape index (κ1) is 19.0. The summed E-state index contributed by atoms with van der Waals surface area (Å²) in [5, 5.41) is 11.8. The maximum atomic E-state index is 12.5. The minimum Gasteiger partial charge on any atom is -0.449 e. The number of nitrogens with zero attached hydrogens (tertiary/aromatic N) is 2. The number of rotatable bonds is 4. The van der Waals surface area contributed by atoms with Crippen LogP contribution in [0.4, 0.5) is 4.79 Å². The molecule has 1 N–H and O–H groups in total. The lowest BCUT2D eigenvalue weighted by Gasteiger charge is -2.24. The van der Waals surface area contributed by atoms with Gasteiger partial charge >= 0.3 is 6.09 Å². The van der Waals surface area contributed by atoms with Crippen LogP contribution in [0.1, 0.15) is 36.8 Å². The molecule has 0 spiro atoms. The van der Waals surface area contributed by atoms with Crippen LogP contribution in [0.3, 0.4) is 0 Å². The zero-order valence-corrected chi connectivity index (χ0v) is 16.3. The number of alkyl carbamates (subject to hydrolysis) is 1. The molecule has 29 heavy (non-hydrogen) atoms. The summed E-state index contributed by atoms with van der Waals surface area (Å²) in [6, 6.07) is 17.3. The quantitative estimate of drug-likeness (QED) is 0.869. The van der Waals surface area contributed by atoms with E-state index in [0.29, 0.717) is 13.0 Å². The lowest BCUT2D eigenvalue weighted by molar-refractivity contribution is -0.132. The number of carbonyl (C=O) groups excluding carboxylic acids is 2. The fraction of sp³-hybridized carbons (Fsp3) is 0.348. The molecule has 6 heteroatoms. The molecule has 1 aliphatic carbocycles. The third-order valence-electron chi connectivity index (χ3n) is 5.73. The maximum absolute atomic E-state index is 12.5. The van der Waals surface area contributed by atoms with E-state index in [1.807, 2.05) is 24.3 Å². The standard InChI is InChI=1S/C23H23N3O3/c1-15(22(27)26-12-6-7-16(26)13-24)25-23(28)29-14-21-19-10-4-2-8-17(19)18-9-3-5-11-20(18)21/h2-5,8-11,15-16,21H,6-7,12,14H2,1H3,(H,25,28)/t15-,16-/m0/s1. The van der Waals surface area contributed by atoms with Crippen molar-refractivity contribution >= 4 is 12.0 Å². The molecule has 2 aliphatic rings. The smallest absolute Gasteiger partial charge is 0.407 e. The fourth-order valence-electron chi connectivity index (χ4n) is 4.29. The van der Waals surface area contributed by atoms with Gasteiger partial charge in [0.2, 0.25) is 5.91 Å². The summed E-state index contributed by atoms with van der Waals surface area (Å²) in [7, 11) is 0. The van der Waals surface area contributed by atoms with Crippen molar-refractivity contribution in [2.45, 2.75) is 37.8 Å². The maximum Gasteiger partial charge on any atom is 0.407 e. The van der Waals surface area contributed by atoms with E-state index in [1.54, 1.807) is 6.92 Å². The van der Waals surface area contributed by atoms with E-state index in [2.05, 4.69) is 35.7 Å². The number of likely N-dealkylation sites (tertiary alicyclic amines) is 1. The van der Waals surface area contributed by atoms with E-state index in [9.17, 15) is 9.59 Å². The first-order valence-corrected chi connectivity index (χ1v) is 9.91. The van der Waals surface area contributed by atoms with Gasteiger partial charge in [0.1, 0.15) is 18.7 Å². The van der Waals surface area contributed by atoms with E-state index in [0.717, 1.165) is 28.7 Å². The van der Waals surface area contributed by atoms with Crippen LogP contribution in [-0.2, 0) is 9.53 Å². The molecule has 2 aromatic carbocycles. The molecule has 1 fully saturated rings. The van der Waals surface area contributed by atoms with Gasteiger partial charge in [-0.1, -0.05) is 48.5 Å². The highest BCUT2D eigenvalue weighted by molar-refractivity contribution is 5.86. The molecule has 6 nitrogen and oxygen atoms in total. The lowest BCUT2D eigenvalue weighted by Crippen LogP contribution is -2.48. The number of benzene rings is 2. The molecular weight excluding hydrogens is 366 g/mol. The van der Waals surface area contributed by atoms with Crippen LogP contribution in [0, 0.1) is 11.3 Å². The fourth-order valence-corrected chi connectivity index (χ4v) is 4.29. The normalized spacial score (nSPS) is 18.5. The van der Waals surface area contributed by atoms with Crippen molar-refractivity contribution in [1.29, 1.82) is 5.26 Å². The number of carbonyl (C=O) groups is 2. The van der Waals surface area contributed by atoms with E-state index < -0.39 is 18.2 Å². The van der Waals surface area contributed by atoms with E-state index >= 15 is 0 Å². The number of ether oxygens (including phenoxy) is 1. The molecule has 1 aliphatic heterocycles. The number of hydrogen-bond acceptors (Lipinski definition) is 4. The topological polar surface area (TPSA) is 82.4 Å². The molecule has 0 bridgehead atoms. The Morgan fingerprint density at radius 3 is 2.41 bits per heavy atom. The van der Waals surface area contributed by atoms with E-state index in [1.165, 1.54) is 4.90 Å². The summed E-state index contributed by atoms with van der Waals surface area (Å²) in [5.74, 6) is -0.275. The number of hydrogen-bond donors (Lipinski definition) is 1. The first-order chi connectivity index (χ1) is 14.1. The summed E-state index contributed by atoms with van der Waals surface area (Å²) in [5.41, 5.74) is 4.61. The third kappa shape index (κ3) is 3.56. The zero-order valence-electron chi connectivity index (χ0n) is 16.3. The minimum atomic E-state index is -0.736. The van der Waals surface area contributed by atoms with Crippen LogP contribution in [0.5, 0.6) is 0 Å². The van der Waals surface area contributed by atoms with Crippen LogP contribution in [0.25, 0.3) is 11.1 Å². The number of fused-ring (bicyclic) bond motifs is 3. The molecule has 2 amide bonds. The first-order valence-electron chi connectivity index (χ1n) is 9.91. The Balaban J connectivity index is 1.39. The summed E-state index contributed by atoms with van der Waals surface area (Å²) in [6.07, 6.45) is 0.863. The Morgan fingerprint density at radius 1 is 1.17 bits per heavy atom. The van der Waals surface area contributed by atoms with Crippen LogP contribution >= 0.6 is 0 Å². The van der Waals surface area contributed by atoms with Gasteiger partial charge < -0.3 is 15.0 Å². The van der Waals surface area contributed by atoms with Crippen molar-refractivity contribution in [3.8, 4) is 17.2 Å². The Bertz CT molecular complexity index is 936. The van der Waals surface area contributed by atoms with E-state index in [-0.39, 0.29) is 18.4 Å². The average molecular weight is 389 g/mol. The molecular formula is C23H23N3O3. The summed E-state index contributed by atoms with van der Waals surface area (Å²) >= 11 is 0. The van der Waals surface area contributed by atoms with Crippen LogP contribution in [0.15, 0.2) is 48.5 Å². The number of nitrogens with one attached hydrogen (secondary N) is 1. The van der Waals surface area contributed by atoms with Crippen LogP contribution in [0.2, 0.25) is 0 Å². The molecule has 0 unspecified atom stereocenters. The molecule has 1 saturated heterocycles. The highest BCUT2D eigenvalue weighted by Crippen LogP contribution is 2.44. The van der Waals surface area contributed by atoms with Gasteiger partial charge in [0.05, 0.1) is 6.07 Å². The Morgan fingerprint density at radius 2 is 1.79 bits per heavy atom. The van der Waals surface area contributed by atoms with Gasteiger partial charge in [-0.25, -0.2) is 4.79 Å². The molecule has 1 heterocycles. The molecule has 2 aromatic rings. The van der Waals surface area contributed by atoms with Crippen molar-refractivity contribution in [3.63, 3.8) is 0 Å². The molecule has 0 saturated carbocycles. The Hall–Kier alpha value is -3.33. The van der Waals surface area contributed by atoms with Crippen LogP contribution < -0.4 is 5.32 Å². The van der Waals surface area contributed by atoms with Crippen molar-refractivity contribution < 1.29 is 14.3 Å². The highest BCUT2D eigenvalue weighted by atomic mass is 16.5. The van der Waals surface area contributed by atoms with Crippen molar-refractivity contribution in [2.24, 2.45) is 0 Å². The molecule has 4 rings (SSSR count). The lowest BCUT2D eigenvalue weighted by atomic mass is 9.98. The van der Waals surface area contributed by atoms with Crippen molar-refractivity contribution in [1.82, 2.24) is 10.2 Å². The Labute approximate surface area is 170 Å². The van der Waals surface area contributed by atoms with Crippen LogP contribution in [-0.4, -0.2) is 42.1 Å². The van der Waals surface area contributed by atoms with Gasteiger partial charge in [0.25, 0.3) is 0 Å². The SMILES string of the molecule is C[C@H](NC(=O)OCC1c2ccccc2-c2ccccc21)C(=O)N1CCC[C@H]1C#N. The molecule has 2 atom stereocenters. The molecule has 148 valence electrons. The second-order valence-electron chi connectivity index (χ2n) is 7.51. The summed E-state index contributed by atoms with van der Waals surface area (Å²) < 4.78 is 5.49. The van der Waals surface area contributed by atoms with E-state index in [4.69, 9.17) is 10.00 Å².